The Balaban J connectivity index is 1.22. The molecule has 4 amide bonds. The smallest absolute Gasteiger partial charge is 0.352 e. The quantitative estimate of drug-likeness (QED) is 0.139. The summed E-state index contributed by atoms with van der Waals surface area (Å²) in [6.45, 7) is 0. The molecule has 1 saturated carbocycles. The lowest BCUT2D eigenvalue weighted by Crippen LogP contribution is -2.71. The number of carboxylic acid groups (broad SMARTS) is 1. The number of urea groups is 1. The number of hydrogen-bond donors (Lipinski definition) is 5. The van der Waals surface area contributed by atoms with Gasteiger partial charge in [0.2, 0.25) is 17.0 Å². The van der Waals surface area contributed by atoms with Crippen molar-refractivity contribution in [2.45, 2.75) is 54.3 Å². The molecule has 3 aliphatic rings. The molecule has 2 aliphatic heterocycles. The lowest BCUT2D eigenvalue weighted by Gasteiger charge is -2.49. The standard InChI is InChI=1S/C26H29N11O6S3/c1-35-26(32-33-34-35)46-11-12-10-45-22-16(21(40)37(22)17(12)23(41)42)30-20(39)18(15-7-4-8-44-15)36(24(27)43)14-9-28-25(31-19(14)38)29-13-5-2-3-6-13/h4,7-9,13,16,18,22H,2-3,5-6,10-11H2,1H3,(H2,27,43)(H,30,39)(H,41,42)(H2,28,29,31,38)/t16?,18?,22-/m1/s1. The number of β-lactam (4-membered cyclic amide) rings is 1. The number of primary amides is 1. The molecule has 242 valence electrons. The predicted octanol–water partition coefficient (Wildman–Crippen LogP) is 0.867. The predicted molar refractivity (Wildman–Crippen MR) is 169 cm³/mol. The molecule has 6 N–H and O–H groups in total. The number of aromatic amines is 1. The molecule has 20 heteroatoms. The Morgan fingerprint density at radius 1 is 1.28 bits per heavy atom. The molecule has 0 aromatic carbocycles. The van der Waals surface area contributed by atoms with Crippen LogP contribution in [0.5, 0.6) is 0 Å². The molecule has 3 atom stereocenters. The molecular weight excluding hydrogens is 659 g/mol. The Labute approximate surface area is 273 Å². The van der Waals surface area contributed by atoms with Crippen molar-refractivity contribution in [3.8, 4) is 0 Å². The number of hydrogen-bond acceptors (Lipinski definition) is 13. The summed E-state index contributed by atoms with van der Waals surface area (Å²) in [5, 5.41) is 28.6. The van der Waals surface area contributed by atoms with Crippen LogP contribution in [0.25, 0.3) is 0 Å². The summed E-state index contributed by atoms with van der Waals surface area (Å²) in [6, 6.07) is -0.132. The third-order valence-electron chi connectivity index (χ3n) is 7.80. The molecule has 3 aromatic heterocycles. The van der Waals surface area contributed by atoms with E-state index in [4.69, 9.17) is 5.73 Å². The molecule has 17 nitrogen and oxygen atoms in total. The maximum Gasteiger partial charge on any atom is 0.352 e. The summed E-state index contributed by atoms with van der Waals surface area (Å²) in [5.74, 6) is -1.91. The van der Waals surface area contributed by atoms with Gasteiger partial charge >= 0.3 is 12.0 Å². The van der Waals surface area contributed by atoms with Crippen LogP contribution in [0.4, 0.5) is 16.4 Å². The van der Waals surface area contributed by atoms with Gasteiger partial charge in [-0.15, -0.1) is 28.2 Å². The molecule has 1 saturated heterocycles. The van der Waals surface area contributed by atoms with Gasteiger partial charge in [-0.1, -0.05) is 30.7 Å². The highest BCUT2D eigenvalue weighted by Gasteiger charge is 2.55. The average molecular weight is 688 g/mol. The van der Waals surface area contributed by atoms with Crippen LogP contribution >= 0.6 is 34.9 Å². The maximum atomic E-state index is 13.9. The largest absolute Gasteiger partial charge is 0.477 e. The molecule has 46 heavy (non-hydrogen) atoms. The first-order valence-electron chi connectivity index (χ1n) is 14.2. The monoisotopic (exact) mass is 687 g/mol. The SMILES string of the molecule is Cn1nnnc1SCC1=C(C(=O)O)N2C(=O)C(NC(=O)C(c3cccs3)N(C(N)=O)c3cnc(NC4CCCC4)[nH]c3=O)[C@H]2SC1. The number of H-pyrrole nitrogens is 1. The molecule has 2 unspecified atom stereocenters. The Morgan fingerprint density at radius 3 is 2.70 bits per heavy atom. The first-order chi connectivity index (χ1) is 22.1. The fraction of sp³-hybridized carbons (Fsp3) is 0.423. The molecule has 6 rings (SSSR count). The van der Waals surface area contributed by atoms with Crippen molar-refractivity contribution in [2.75, 3.05) is 21.7 Å². The Morgan fingerprint density at radius 2 is 2.07 bits per heavy atom. The third kappa shape index (κ3) is 6.06. The van der Waals surface area contributed by atoms with Crippen LogP contribution in [0.3, 0.4) is 0 Å². The lowest BCUT2D eigenvalue weighted by molar-refractivity contribution is -0.150. The zero-order valence-electron chi connectivity index (χ0n) is 24.3. The number of thiophene rings is 1. The fourth-order valence-corrected chi connectivity index (χ4v) is 8.77. The number of nitrogens with two attached hydrogens (primary N) is 1. The number of aromatic nitrogens is 6. The zero-order chi connectivity index (χ0) is 32.5. The van der Waals surface area contributed by atoms with E-state index in [1.165, 1.54) is 34.4 Å². The number of carboxylic acids is 1. The van der Waals surface area contributed by atoms with Gasteiger partial charge in [-0.05, 0) is 40.3 Å². The topological polar surface area (TPSA) is 234 Å². The summed E-state index contributed by atoms with van der Waals surface area (Å²) in [6.07, 6.45) is 5.22. The van der Waals surface area contributed by atoms with E-state index >= 15 is 0 Å². The number of nitrogens with one attached hydrogen (secondary N) is 3. The van der Waals surface area contributed by atoms with Crippen molar-refractivity contribution in [1.82, 2.24) is 40.4 Å². The number of amides is 4. The van der Waals surface area contributed by atoms with E-state index in [2.05, 4.69) is 36.1 Å². The number of tetrazole rings is 1. The van der Waals surface area contributed by atoms with Gasteiger partial charge in [0.25, 0.3) is 11.5 Å². The average Bonchev–Trinajstić information content (AvgIpc) is 3.82. The number of fused-ring (bicyclic) bond motifs is 1. The summed E-state index contributed by atoms with van der Waals surface area (Å²) in [7, 11) is 1.66. The minimum Gasteiger partial charge on any atom is -0.477 e. The molecule has 5 heterocycles. The van der Waals surface area contributed by atoms with Crippen LogP contribution in [0, 0.1) is 0 Å². The molecule has 1 aliphatic carbocycles. The summed E-state index contributed by atoms with van der Waals surface area (Å²) in [4.78, 5) is 74.9. The van der Waals surface area contributed by atoms with Crippen LogP contribution in [-0.4, -0.2) is 93.0 Å². The fourth-order valence-electron chi connectivity index (χ4n) is 5.62. The van der Waals surface area contributed by atoms with Crippen molar-refractivity contribution < 1.29 is 24.3 Å². The van der Waals surface area contributed by atoms with Gasteiger partial charge < -0.3 is 21.5 Å². The van der Waals surface area contributed by atoms with Gasteiger partial charge in [0.15, 0.2) is 6.04 Å². The van der Waals surface area contributed by atoms with E-state index in [-0.39, 0.29) is 34.9 Å². The van der Waals surface area contributed by atoms with E-state index in [9.17, 15) is 29.1 Å². The summed E-state index contributed by atoms with van der Waals surface area (Å²) >= 11 is 3.69. The number of nitrogens with zero attached hydrogens (tertiary/aromatic N) is 7. The van der Waals surface area contributed by atoms with Crippen molar-refractivity contribution in [2.24, 2.45) is 12.8 Å². The normalized spacial score (nSPS) is 20.2. The Kier molecular flexibility index (Phi) is 9.00. The summed E-state index contributed by atoms with van der Waals surface area (Å²) in [5.41, 5.74) is 5.18. The molecule has 0 radical (unpaired) electrons. The van der Waals surface area contributed by atoms with E-state index in [1.54, 1.807) is 24.6 Å². The first kappa shape index (κ1) is 31.5. The van der Waals surface area contributed by atoms with E-state index in [1.807, 2.05) is 0 Å². The van der Waals surface area contributed by atoms with Crippen LogP contribution < -0.4 is 26.8 Å². The molecule has 2 fully saturated rings. The van der Waals surface area contributed by atoms with Gasteiger partial charge in [-0.3, -0.25) is 29.2 Å². The van der Waals surface area contributed by atoms with Crippen LogP contribution in [-0.2, 0) is 21.4 Å². The second-order valence-corrected chi connectivity index (χ2v) is 13.8. The first-order valence-corrected chi connectivity index (χ1v) is 17.1. The number of carbonyl (C=O) groups excluding carboxylic acids is 3. The van der Waals surface area contributed by atoms with Gasteiger partial charge in [-0.25, -0.2) is 19.3 Å². The van der Waals surface area contributed by atoms with Crippen molar-refractivity contribution in [3.63, 3.8) is 0 Å². The number of carbonyl (C=O) groups is 4. The van der Waals surface area contributed by atoms with E-state index in [0.29, 0.717) is 15.6 Å². The van der Waals surface area contributed by atoms with Crippen molar-refractivity contribution >= 4 is 70.3 Å². The zero-order valence-corrected chi connectivity index (χ0v) is 26.7. The highest BCUT2D eigenvalue weighted by molar-refractivity contribution is 8.01. The third-order valence-corrected chi connectivity index (χ3v) is 11.2. The molecule has 3 aromatic rings. The molecular formula is C26H29N11O6S3. The Bertz CT molecular complexity index is 1750. The van der Waals surface area contributed by atoms with Gasteiger partial charge in [0.1, 0.15) is 22.8 Å². The van der Waals surface area contributed by atoms with Gasteiger partial charge in [0.05, 0.1) is 6.20 Å². The Hall–Kier alpha value is -4.43. The number of aryl methyl sites for hydroxylation is 1. The van der Waals surface area contributed by atoms with Crippen molar-refractivity contribution in [3.05, 3.63) is 50.2 Å². The molecule has 0 bridgehead atoms. The minimum atomic E-state index is -1.41. The summed E-state index contributed by atoms with van der Waals surface area (Å²) < 4.78 is 1.45. The second kappa shape index (κ2) is 13.1. The maximum absolute atomic E-state index is 13.9. The number of aliphatic carboxylic acids is 1. The van der Waals surface area contributed by atoms with Crippen LogP contribution in [0.15, 0.2) is 44.9 Å². The van der Waals surface area contributed by atoms with E-state index < -0.39 is 46.8 Å². The highest BCUT2D eigenvalue weighted by Crippen LogP contribution is 2.42. The van der Waals surface area contributed by atoms with Crippen LogP contribution in [0.1, 0.15) is 36.6 Å². The number of anilines is 2. The van der Waals surface area contributed by atoms with Crippen LogP contribution in [0.2, 0.25) is 0 Å². The molecule has 0 spiro atoms. The minimum absolute atomic E-state index is 0.153. The number of rotatable bonds is 11. The van der Waals surface area contributed by atoms with E-state index in [0.717, 1.165) is 46.8 Å². The van der Waals surface area contributed by atoms with Crippen molar-refractivity contribution in [1.29, 1.82) is 0 Å². The van der Waals surface area contributed by atoms with Gasteiger partial charge in [-0.2, -0.15) is 0 Å². The van der Waals surface area contributed by atoms with Gasteiger partial charge in [0, 0.05) is 29.5 Å². The number of thioether (sulfide) groups is 2. The highest BCUT2D eigenvalue weighted by atomic mass is 32.2. The lowest BCUT2D eigenvalue weighted by atomic mass is 10.0. The second-order valence-electron chi connectivity index (χ2n) is 10.7.